The summed E-state index contributed by atoms with van der Waals surface area (Å²) in [5.74, 6) is 0. The molecule has 2 nitrogen and oxygen atoms in total. The van der Waals surface area contributed by atoms with Crippen LogP contribution in [0.2, 0.25) is 0 Å². The first-order valence-electron chi connectivity index (χ1n) is 5.50. The van der Waals surface area contributed by atoms with E-state index in [4.69, 9.17) is 4.74 Å². The van der Waals surface area contributed by atoms with Crippen molar-refractivity contribution in [1.29, 1.82) is 0 Å². The average Bonchev–Trinajstić information content (AvgIpc) is 2.23. The largest absolute Gasteiger partial charge is 0.363 e. The zero-order valence-corrected chi connectivity index (χ0v) is 11.0. The normalized spacial score (nSPS) is 17.8. The van der Waals surface area contributed by atoms with E-state index in [9.17, 15) is 0 Å². The number of nitrogens with one attached hydrogen (secondary N) is 1. The maximum absolute atomic E-state index is 5.89. The molecule has 0 aromatic carbocycles. The molecule has 0 aliphatic rings. The van der Waals surface area contributed by atoms with Gasteiger partial charge in [0, 0.05) is 6.04 Å². The summed E-state index contributed by atoms with van der Waals surface area (Å²) in [7, 11) is 0. The van der Waals surface area contributed by atoms with Crippen LogP contribution in [0, 0.1) is 0 Å². The molecule has 0 amide bonds. The second kappa shape index (κ2) is 7.55. The molecule has 0 rings (SSSR count). The van der Waals surface area contributed by atoms with E-state index in [1.807, 2.05) is 0 Å². The van der Waals surface area contributed by atoms with Gasteiger partial charge in [-0.05, 0) is 39.5 Å². The summed E-state index contributed by atoms with van der Waals surface area (Å²) >= 11 is 1.79. The zero-order valence-electron chi connectivity index (χ0n) is 10.2. The van der Waals surface area contributed by atoms with E-state index in [1.165, 1.54) is 6.42 Å². The fourth-order valence-corrected chi connectivity index (χ4v) is 1.53. The van der Waals surface area contributed by atoms with Crippen LogP contribution in [0.1, 0.15) is 40.5 Å². The summed E-state index contributed by atoms with van der Waals surface area (Å²) in [5, 5.41) is 3.42. The summed E-state index contributed by atoms with van der Waals surface area (Å²) in [5.41, 5.74) is 0. The number of rotatable bonds is 8. The molecule has 0 aliphatic heterocycles. The SMILES string of the molecule is CCCNC(C)COC(C)(CC)SC. The van der Waals surface area contributed by atoms with Crippen LogP contribution in [-0.4, -0.2) is 30.4 Å². The van der Waals surface area contributed by atoms with Crippen molar-refractivity contribution < 1.29 is 4.74 Å². The Bertz CT molecular complexity index is 137. The summed E-state index contributed by atoms with van der Waals surface area (Å²) in [6, 6.07) is 0.452. The monoisotopic (exact) mass is 219 g/mol. The van der Waals surface area contributed by atoms with E-state index >= 15 is 0 Å². The third kappa shape index (κ3) is 5.89. The Morgan fingerprint density at radius 2 is 2.07 bits per heavy atom. The molecule has 2 atom stereocenters. The van der Waals surface area contributed by atoms with Crippen molar-refractivity contribution in [1.82, 2.24) is 5.32 Å². The molecule has 86 valence electrons. The van der Waals surface area contributed by atoms with Crippen LogP contribution in [0.3, 0.4) is 0 Å². The van der Waals surface area contributed by atoms with Gasteiger partial charge in [-0.1, -0.05) is 13.8 Å². The van der Waals surface area contributed by atoms with Gasteiger partial charge in [0.1, 0.15) is 4.93 Å². The molecule has 0 heterocycles. The summed E-state index contributed by atoms with van der Waals surface area (Å²) in [4.78, 5) is -0.0118. The van der Waals surface area contributed by atoms with Crippen LogP contribution in [0.4, 0.5) is 0 Å². The van der Waals surface area contributed by atoms with E-state index in [1.54, 1.807) is 11.8 Å². The molecule has 3 heteroatoms. The smallest absolute Gasteiger partial charge is 0.110 e. The molecule has 0 aromatic heterocycles. The average molecular weight is 219 g/mol. The first-order chi connectivity index (χ1) is 6.58. The van der Waals surface area contributed by atoms with Crippen LogP contribution in [0.25, 0.3) is 0 Å². The van der Waals surface area contributed by atoms with Gasteiger partial charge in [0.25, 0.3) is 0 Å². The zero-order chi connectivity index (χ0) is 11.0. The maximum Gasteiger partial charge on any atom is 0.110 e. The molecule has 0 saturated carbocycles. The van der Waals surface area contributed by atoms with Crippen LogP contribution in [0.5, 0.6) is 0 Å². The minimum Gasteiger partial charge on any atom is -0.363 e. The predicted molar refractivity (Wildman–Crippen MR) is 65.9 cm³/mol. The Hall–Kier alpha value is 0.270. The van der Waals surface area contributed by atoms with Crippen LogP contribution >= 0.6 is 11.8 Å². The highest BCUT2D eigenvalue weighted by Gasteiger charge is 2.21. The third-order valence-electron chi connectivity index (χ3n) is 2.46. The lowest BCUT2D eigenvalue weighted by Crippen LogP contribution is -2.35. The van der Waals surface area contributed by atoms with Crippen LogP contribution in [-0.2, 0) is 4.74 Å². The Morgan fingerprint density at radius 3 is 2.50 bits per heavy atom. The van der Waals surface area contributed by atoms with Crippen LogP contribution in [0.15, 0.2) is 0 Å². The highest BCUT2D eigenvalue weighted by atomic mass is 32.2. The Kier molecular flexibility index (Phi) is 7.69. The van der Waals surface area contributed by atoms with Gasteiger partial charge in [0.2, 0.25) is 0 Å². The Morgan fingerprint density at radius 1 is 1.43 bits per heavy atom. The summed E-state index contributed by atoms with van der Waals surface area (Å²) in [6.07, 6.45) is 4.33. The van der Waals surface area contributed by atoms with Gasteiger partial charge in [-0.25, -0.2) is 0 Å². The molecule has 0 aromatic rings. The van der Waals surface area contributed by atoms with Gasteiger partial charge in [-0.2, -0.15) is 0 Å². The van der Waals surface area contributed by atoms with Crippen LogP contribution < -0.4 is 5.32 Å². The van der Waals surface area contributed by atoms with Crippen molar-refractivity contribution in [2.45, 2.75) is 51.5 Å². The highest BCUT2D eigenvalue weighted by Crippen LogP contribution is 2.27. The van der Waals surface area contributed by atoms with Gasteiger partial charge < -0.3 is 10.1 Å². The lowest BCUT2D eigenvalue weighted by Gasteiger charge is -2.28. The highest BCUT2D eigenvalue weighted by molar-refractivity contribution is 7.99. The van der Waals surface area contributed by atoms with Crippen molar-refractivity contribution in [3.63, 3.8) is 0 Å². The van der Waals surface area contributed by atoms with Crippen molar-refractivity contribution in [3.05, 3.63) is 0 Å². The van der Waals surface area contributed by atoms with Gasteiger partial charge in [-0.3, -0.25) is 0 Å². The molecule has 0 bridgehead atoms. The summed E-state index contributed by atoms with van der Waals surface area (Å²) < 4.78 is 5.89. The molecular weight excluding hydrogens is 194 g/mol. The Labute approximate surface area is 93.2 Å². The fraction of sp³-hybridized carbons (Fsp3) is 1.00. The number of thioether (sulfide) groups is 1. The molecule has 2 unspecified atom stereocenters. The molecule has 0 saturated heterocycles. The van der Waals surface area contributed by atoms with E-state index in [2.05, 4.69) is 39.3 Å². The van der Waals surface area contributed by atoms with Crippen molar-refractivity contribution >= 4 is 11.8 Å². The van der Waals surface area contributed by atoms with Gasteiger partial charge in [0.05, 0.1) is 6.61 Å². The van der Waals surface area contributed by atoms with E-state index in [0.29, 0.717) is 6.04 Å². The summed E-state index contributed by atoms with van der Waals surface area (Å²) in [6.45, 7) is 10.5. The fourth-order valence-electron chi connectivity index (χ4n) is 1.06. The van der Waals surface area contributed by atoms with Crippen molar-refractivity contribution in [2.75, 3.05) is 19.4 Å². The molecular formula is C11H25NOS. The topological polar surface area (TPSA) is 21.3 Å². The number of ether oxygens (including phenoxy) is 1. The van der Waals surface area contributed by atoms with Gasteiger partial charge in [-0.15, -0.1) is 11.8 Å². The standard InChI is InChI=1S/C11H25NOS/c1-6-8-12-10(3)9-13-11(4,7-2)14-5/h10,12H,6-9H2,1-5H3. The lowest BCUT2D eigenvalue weighted by atomic mass is 10.3. The van der Waals surface area contributed by atoms with Crippen molar-refractivity contribution in [2.24, 2.45) is 0 Å². The van der Waals surface area contributed by atoms with E-state index in [-0.39, 0.29) is 4.93 Å². The predicted octanol–water partition coefficient (Wildman–Crippen LogP) is 2.88. The molecule has 0 radical (unpaired) electrons. The van der Waals surface area contributed by atoms with Gasteiger partial charge >= 0.3 is 0 Å². The number of hydrogen-bond donors (Lipinski definition) is 1. The Balaban J connectivity index is 3.68. The lowest BCUT2D eigenvalue weighted by molar-refractivity contribution is 0.0254. The molecule has 0 aliphatic carbocycles. The second-order valence-corrected chi connectivity index (χ2v) is 5.13. The minimum absolute atomic E-state index is 0.0118. The van der Waals surface area contributed by atoms with E-state index < -0.39 is 0 Å². The first-order valence-corrected chi connectivity index (χ1v) is 6.73. The molecule has 14 heavy (non-hydrogen) atoms. The second-order valence-electron chi connectivity index (χ2n) is 3.86. The number of hydrogen-bond acceptors (Lipinski definition) is 3. The maximum atomic E-state index is 5.89. The minimum atomic E-state index is -0.0118. The van der Waals surface area contributed by atoms with Crippen molar-refractivity contribution in [3.8, 4) is 0 Å². The third-order valence-corrected chi connectivity index (χ3v) is 3.73. The van der Waals surface area contributed by atoms with E-state index in [0.717, 1.165) is 19.6 Å². The quantitative estimate of drug-likeness (QED) is 0.634. The van der Waals surface area contributed by atoms with Gasteiger partial charge in [0.15, 0.2) is 0 Å². The molecule has 0 spiro atoms. The first kappa shape index (κ1) is 14.3. The molecule has 0 fully saturated rings. The molecule has 1 N–H and O–H groups in total.